The molecule has 2 rings (SSSR count). The summed E-state index contributed by atoms with van der Waals surface area (Å²) in [7, 11) is 1.39. The molecule has 0 amide bonds. The van der Waals surface area contributed by atoms with Crippen molar-refractivity contribution < 1.29 is 19.7 Å². The summed E-state index contributed by atoms with van der Waals surface area (Å²) >= 11 is 1.85. The van der Waals surface area contributed by atoms with Crippen molar-refractivity contribution in [2.45, 2.75) is 22.0 Å². The summed E-state index contributed by atoms with van der Waals surface area (Å²) in [4.78, 5) is 15.5. The molecule has 1 aromatic heterocycles. The van der Waals surface area contributed by atoms with Gasteiger partial charge in [0.25, 0.3) is 0 Å². The topological polar surface area (TPSA) is 120 Å². The van der Waals surface area contributed by atoms with Crippen LogP contribution in [0.1, 0.15) is 0 Å². The Bertz CT molecular complexity index is 524. The fraction of sp³-hybridized carbons (Fsp3) is 0.600. The summed E-state index contributed by atoms with van der Waals surface area (Å²) in [6.07, 6.45) is -1.31. The second-order valence-electron chi connectivity index (χ2n) is 4.10. The van der Waals surface area contributed by atoms with Crippen LogP contribution in [0.5, 0.6) is 0 Å². The number of hydrogen-bond donors (Lipinski definition) is 3. The second-order valence-corrected chi connectivity index (χ2v) is 5.65. The van der Waals surface area contributed by atoms with Gasteiger partial charge in [0.05, 0.1) is 6.61 Å². The molecular formula is C10H14IN3O5. The first-order valence-corrected chi connectivity index (χ1v) is 6.56. The summed E-state index contributed by atoms with van der Waals surface area (Å²) in [5.41, 5.74) is 4.81. The molecule has 0 saturated carbocycles. The van der Waals surface area contributed by atoms with Crippen LogP contribution < -0.4 is 11.4 Å². The first-order chi connectivity index (χ1) is 8.93. The van der Waals surface area contributed by atoms with Crippen molar-refractivity contribution in [3.05, 3.63) is 22.7 Å². The summed E-state index contributed by atoms with van der Waals surface area (Å²) < 4.78 is 10.6. The zero-order chi connectivity index (χ0) is 14.2. The maximum Gasteiger partial charge on any atom is 0.352 e. The summed E-state index contributed by atoms with van der Waals surface area (Å²) in [6, 6.07) is 1.44. The van der Waals surface area contributed by atoms with Gasteiger partial charge in [-0.2, -0.15) is 4.98 Å². The highest BCUT2D eigenvalue weighted by molar-refractivity contribution is 14.1. The minimum absolute atomic E-state index is 0.0903. The number of halogens is 1. The van der Waals surface area contributed by atoms with Crippen LogP contribution in [0.4, 0.5) is 5.82 Å². The number of aromatic nitrogens is 2. The maximum absolute atomic E-state index is 11.9. The Morgan fingerprint density at radius 2 is 2.42 bits per heavy atom. The molecule has 1 fully saturated rings. The minimum Gasteiger partial charge on any atom is -0.394 e. The van der Waals surface area contributed by atoms with E-state index < -0.39 is 27.7 Å². The number of nitrogen functional groups attached to an aromatic ring is 1. The zero-order valence-corrected chi connectivity index (χ0v) is 12.2. The number of methoxy groups -OCH3 is 1. The van der Waals surface area contributed by atoms with E-state index in [0.717, 1.165) is 0 Å². The highest BCUT2D eigenvalue weighted by atomic mass is 127. The van der Waals surface area contributed by atoms with Gasteiger partial charge in [0.1, 0.15) is 24.1 Å². The molecule has 9 heteroatoms. The molecule has 0 aliphatic carbocycles. The van der Waals surface area contributed by atoms with Gasteiger partial charge in [-0.05, 0) is 28.7 Å². The smallest absolute Gasteiger partial charge is 0.352 e. The molecule has 0 spiro atoms. The van der Waals surface area contributed by atoms with E-state index >= 15 is 0 Å². The van der Waals surface area contributed by atoms with Crippen LogP contribution >= 0.6 is 22.6 Å². The minimum atomic E-state index is -1.29. The number of anilines is 1. The molecule has 0 bridgehead atoms. The quantitative estimate of drug-likeness (QED) is 0.436. The van der Waals surface area contributed by atoms with E-state index in [1.54, 1.807) is 0 Å². The van der Waals surface area contributed by atoms with Gasteiger partial charge in [-0.25, -0.2) is 4.79 Å². The normalized spacial score (nSPS) is 34.6. The number of aliphatic hydroxyl groups is 2. The van der Waals surface area contributed by atoms with Crippen molar-refractivity contribution in [2.75, 3.05) is 19.5 Å². The van der Waals surface area contributed by atoms with Gasteiger partial charge < -0.3 is 25.4 Å². The molecule has 106 valence electrons. The van der Waals surface area contributed by atoms with Crippen LogP contribution in [0.15, 0.2) is 17.1 Å². The lowest BCUT2D eigenvalue weighted by atomic mass is 10.1. The number of hydrogen-bond acceptors (Lipinski definition) is 7. The lowest BCUT2D eigenvalue weighted by molar-refractivity contribution is -0.0771. The van der Waals surface area contributed by atoms with Crippen molar-refractivity contribution >= 4 is 28.4 Å². The van der Waals surface area contributed by atoms with Crippen LogP contribution in [0.2, 0.25) is 0 Å². The fourth-order valence-electron chi connectivity index (χ4n) is 2.03. The maximum atomic E-state index is 11.9. The molecule has 1 saturated heterocycles. The van der Waals surface area contributed by atoms with Crippen LogP contribution in [0.25, 0.3) is 0 Å². The van der Waals surface area contributed by atoms with Gasteiger partial charge in [0.2, 0.25) is 3.73 Å². The Hall–Kier alpha value is -0.750. The van der Waals surface area contributed by atoms with Crippen molar-refractivity contribution in [1.29, 1.82) is 0 Å². The van der Waals surface area contributed by atoms with E-state index in [4.69, 9.17) is 15.2 Å². The molecule has 4 N–H and O–H groups in total. The van der Waals surface area contributed by atoms with E-state index in [0.29, 0.717) is 0 Å². The molecule has 1 aliphatic heterocycles. The predicted octanol–water partition coefficient (Wildman–Crippen LogP) is -1.36. The molecule has 0 aromatic carbocycles. The molecule has 19 heavy (non-hydrogen) atoms. The Balaban J connectivity index is 2.49. The number of nitrogens with zero attached hydrogens (tertiary/aromatic N) is 2. The van der Waals surface area contributed by atoms with Crippen LogP contribution in [-0.2, 0) is 13.2 Å². The van der Waals surface area contributed by atoms with Crippen molar-refractivity contribution in [3.8, 4) is 0 Å². The number of rotatable bonds is 3. The number of aliphatic hydroxyl groups excluding tert-OH is 2. The lowest BCUT2D eigenvalue weighted by Crippen LogP contribution is -2.47. The molecule has 4 atom stereocenters. The average Bonchev–Trinajstić information content (AvgIpc) is 2.60. The van der Waals surface area contributed by atoms with Crippen LogP contribution in [0, 0.1) is 0 Å². The number of ether oxygens (including phenoxy) is 2. The van der Waals surface area contributed by atoms with E-state index in [1.807, 2.05) is 22.6 Å². The van der Waals surface area contributed by atoms with Crippen molar-refractivity contribution in [1.82, 2.24) is 9.55 Å². The average molecular weight is 383 g/mol. The first kappa shape index (κ1) is 14.7. The largest absolute Gasteiger partial charge is 0.394 e. The lowest BCUT2D eigenvalue weighted by Gasteiger charge is -2.29. The number of nitrogens with two attached hydrogens (primary N) is 1. The Kier molecular flexibility index (Phi) is 4.11. The van der Waals surface area contributed by atoms with Gasteiger partial charge in [0, 0.05) is 13.3 Å². The highest BCUT2D eigenvalue weighted by Crippen LogP contribution is 2.41. The molecular weight excluding hydrogens is 369 g/mol. The Morgan fingerprint density at radius 3 is 2.95 bits per heavy atom. The third-order valence-corrected chi connectivity index (χ3v) is 4.33. The molecule has 1 aliphatic rings. The zero-order valence-electron chi connectivity index (χ0n) is 10.1. The highest BCUT2D eigenvalue weighted by Gasteiger charge is 2.55. The molecule has 1 aromatic rings. The van der Waals surface area contributed by atoms with E-state index in [9.17, 15) is 15.0 Å². The second kappa shape index (κ2) is 5.32. The van der Waals surface area contributed by atoms with Crippen molar-refractivity contribution in [2.24, 2.45) is 0 Å². The van der Waals surface area contributed by atoms with E-state index in [-0.39, 0.29) is 12.4 Å². The van der Waals surface area contributed by atoms with Gasteiger partial charge in [-0.15, -0.1) is 0 Å². The van der Waals surface area contributed by atoms with Gasteiger partial charge >= 0.3 is 5.69 Å². The predicted molar refractivity (Wildman–Crippen MR) is 73.7 cm³/mol. The van der Waals surface area contributed by atoms with Crippen LogP contribution in [0.3, 0.4) is 0 Å². The summed E-state index contributed by atoms with van der Waals surface area (Å²) in [6.45, 7) is -0.386. The van der Waals surface area contributed by atoms with Gasteiger partial charge in [0.15, 0.2) is 0 Å². The third kappa shape index (κ3) is 2.36. The SMILES string of the molecule is CO[C@@H]1[C@H](O)[C@@H](CO)O[C@@]1(I)n1ccc(N)nc1=O. The van der Waals surface area contributed by atoms with Gasteiger partial charge in [-0.1, -0.05) is 0 Å². The van der Waals surface area contributed by atoms with Crippen molar-refractivity contribution in [3.63, 3.8) is 0 Å². The molecule has 0 radical (unpaired) electrons. The first-order valence-electron chi connectivity index (χ1n) is 5.48. The Labute approximate surface area is 122 Å². The summed E-state index contributed by atoms with van der Waals surface area (Å²) in [5, 5.41) is 19.2. The standard InChI is InChI=1S/C10H14IN3O5/c1-18-8-7(16)5(4-15)19-10(8,11)14-3-2-6(12)13-9(14)17/h2-3,5,7-8,15-16H,4H2,1H3,(H2,12,13,17)/t5-,7-,8-,10+/m1/s1. The molecule has 0 unspecified atom stereocenters. The fourth-order valence-corrected chi connectivity index (χ4v) is 3.34. The van der Waals surface area contributed by atoms with E-state index in [2.05, 4.69) is 4.98 Å². The van der Waals surface area contributed by atoms with Gasteiger partial charge in [-0.3, -0.25) is 4.57 Å². The van der Waals surface area contributed by atoms with Crippen LogP contribution in [-0.4, -0.2) is 51.8 Å². The third-order valence-electron chi connectivity index (χ3n) is 2.95. The summed E-state index contributed by atoms with van der Waals surface area (Å²) in [5.74, 6) is 0.0903. The Morgan fingerprint density at radius 1 is 1.74 bits per heavy atom. The monoisotopic (exact) mass is 383 g/mol. The molecule has 8 nitrogen and oxygen atoms in total. The number of alkyl halides is 1. The molecule has 2 heterocycles. The van der Waals surface area contributed by atoms with E-state index in [1.165, 1.54) is 23.9 Å².